The number of nitrogens with zero attached hydrogens (tertiary/aromatic N) is 4. The molecule has 1 atom stereocenters. The van der Waals surface area contributed by atoms with Crippen molar-refractivity contribution in [2.24, 2.45) is 0 Å². The van der Waals surface area contributed by atoms with E-state index in [4.69, 9.17) is 9.84 Å². The summed E-state index contributed by atoms with van der Waals surface area (Å²) in [5, 5.41) is 15.1. The van der Waals surface area contributed by atoms with Gasteiger partial charge in [0.25, 0.3) is 11.8 Å². The van der Waals surface area contributed by atoms with E-state index >= 15 is 0 Å². The lowest BCUT2D eigenvalue weighted by Crippen LogP contribution is -2.49. The number of sulfone groups is 1. The third kappa shape index (κ3) is 5.38. The first-order valence-electron chi connectivity index (χ1n) is 13.7. The second-order valence-electron chi connectivity index (χ2n) is 10.4. The van der Waals surface area contributed by atoms with Crippen LogP contribution in [0.15, 0.2) is 101 Å². The Morgan fingerprint density at radius 2 is 1.70 bits per heavy atom. The van der Waals surface area contributed by atoms with Gasteiger partial charge in [-0.25, -0.2) is 13.1 Å². The third-order valence-electron chi connectivity index (χ3n) is 7.64. The summed E-state index contributed by atoms with van der Waals surface area (Å²) in [6.45, 7) is 0. The molecule has 220 valence electrons. The molecule has 0 spiro atoms. The van der Waals surface area contributed by atoms with Crippen molar-refractivity contribution in [3.05, 3.63) is 112 Å². The first kappa shape index (κ1) is 29.3. The number of para-hydroxylation sites is 1. The van der Waals surface area contributed by atoms with E-state index < -0.39 is 27.7 Å². The lowest BCUT2D eigenvalue weighted by molar-refractivity contribution is -0.142. The van der Waals surface area contributed by atoms with Gasteiger partial charge in [0.05, 0.1) is 40.4 Å². The molecule has 0 aliphatic carbocycles. The highest BCUT2D eigenvalue weighted by Gasteiger charge is 2.45. The first-order chi connectivity index (χ1) is 21.2. The molecule has 11 heteroatoms. The molecule has 3 aromatic carbocycles. The van der Waals surface area contributed by atoms with Crippen LogP contribution in [0.4, 0.5) is 0 Å². The molecule has 3 heterocycles. The molecule has 9 nitrogen and oxygen atoms in total. The topological polar surface area (TPSA) is 122 Å². The summed E-state index contributed by atoms with van der Waals surface area (Å²) in [6.07, 6.45) is 3.52. The highest BCUT2D eigenvalue weighted by Crippen LogP contribution is 2.39. The van der Waals surface area contributed by atoms with Crippen LogP contribution in [0.5, 0.6) is 5.75 Å². The van der Waals surface area contributed by atoms with Crippen molar-refractivity contribution in [2.75, 3.05) is 18.6 Å². The molecule has 4 aromatic rings. The number of carbonyl (C=O) groups is 2. The number of methoxy groups -OCH3 is 1. The lowest BCUT2D eigenvalue weighted by atomic mass is 9.86. The van der Waals surface area contributed by atoms with E-state index in [0.717, 1.165) is 16.2 Å². The summed E-state index contributed by atoms with van der Waals surface area (Å²) >= 11 is 3.54. The second kappa shape index (κ2) is 11.7. The Hall–Kier alpha value is -4.79. The predicted octanol–water partition coefficient (Wildman–Crippen LogP) is 5.23. The number of aromatic nitrogens is 2. The van der Waals surface area contributed by atoms with E-state index in [9.17, 15) is 23.3 Å². The van der Waals surface area contributed by atoms with E-state index in [0.29, 0.717) is 27.0 Å². The van der Waals surface area contributed by atoms with E-state index in [1.165, 1.54) is 0 Å². The summed E-state index contributed by atoms with van der Waals surface area (Å²) in [4.78, 5) is 28.9. The minimum atomic E-state index is -3.43. The predicted molar refractivity (Wildman–Crippen MR) is 169 cm³/mol. The van der Waals surface area contributed by atoms with Crippen LogP contribution in [-0.2, 0) is 19.4 Å². The van der Waals surface area contributed by atoms with Gasteiger partial charge in [0.2, 0.25) is 0 Å². The third-order valence-corrected chi connectivity index (χ3v) is 10.0. The number of halogens is 1. The van der Waals surface area contributed by atoms with Crippen molar-refractivity contribution in [1.82, 2.24) is 14.7 Å². The van der Waals surface area contributed by atoms with E-state index in [-0.39, 0.29) is 34.6 Å². The SMILES string of the molecule is COc1ccc(-c2nn(-c3ccccc3)cc2/C=C2\C(=O)N(C3CCS(=O)(=O)C3)C(=O)C(C#N)=C2c2ccccc2)cc1Br. The summed E-state index contributed by atoms with van der Waals surface area (Å²) in [7, 11) is -1.86. The Kier molecular flexibility index (Phi) is 7.80. The molecule has 2 amide bonds. The van der Waals surface area contributed by atoms with Crippen LogP contribution in [0, 0.1) is 11.3 Å². The minimum Gasteiger partial charge on any atom is -0.496 e. The number of benzene rings is 3. The summed E-state index contributed by atoms with van der Waals surface area (Å²) in [5.41, 5.74) is 3.17. The van der Waals surface area contributed by atoms with Crippen molar-refractivity contribution in [2.45, 2.75) is 12.5 Å². The van der Waals surface area contributed by atoms with Gasteiger partial charge in [-0.1, -0.05) is 48.5 Å². The number of imide groups is 1. The van der Waals surface area contributed by atoms with Crippen molar-refractivity contribution in [3.8, 4) is 28.8 Å². The molecule has 1 saturated heterocycles. The molecule has 2 aliphatic heterocycles. The Morgan fingerprint density at radius 1 is 1.00 bits per heavy atom. The fourth-order valence-corrected chi connectivity index (χ4v) is 7.78. The normalized spacial score (nSPS) is 19.0. The van der Waals surface area contributed by atoms with Gasteiger partial charge in [-0.2, -0.15) is 10.4 Å². The molecule has 0 radical (unpaired) electrons. The fourth-order valence-electron chi connectivity index (χ4n) is 5.54. The Morgan fingerprint density at radius 3 is 2.32 bits per heavy atom. The number of ether oxygens (including phenoxy) is 1. The standard InChI is InChI=1S/C33H25BrN4O5S/c1-43-29-13-12-22(17-28(29)34)31-23(19-37(36-31)24-10-6-3-7-11-24)16-26-30(21-8-4-2-5-9-21)27(18-35)33(40)38(32(26)39)25-14-15-44(41,42)20-25/h2-13,16-17,19,25H,14-15,20H2,1H3/b26-16-. The van der Waals surface area contributed by atoms with Crippen LogP contribution in [-0.4, -0.2) is 59.6 Å². The summed E-state index contributed by atoms with van der Waals surface area (Å²) in [6, 6.07) is 24.9. The Bertz CT molecular complexity index is 2010. The maximum atomic E-state index is 14.3. The van der Waals surface area contributed by atoms with Gasteiger partial charge < -0.3 is 4.74 Å². The maximum absolute atomic E-state index is 14.3. The Balaban J connectivity index is 1.60. The number of hydrogen-bond acceptors (Lipinski definition) is 7. The van der Waals surface area contributed by atoms with Gasteiger partial charge in [-0.3, -0.25) is 14.5 Å². The zero-order chi connectivity index (χ0) is 31.0. The molecule has 2 aliphatic rings. The highest BCUT2D eigenvalue weighted by atomic mass is 79.9. The quantitative estimate of drug-likeness (QED) is 0.204. The monoisotopic (exact) mass is 668 g/mol. The van der Waals surface area contributed by atoms with E-state index in [2.05, 4.69) is 15.9 Å². The van der Waals surface area contributed by atoms with Gasteiger partial charge in [0.1, 0.15) is 23.1 Å². The highest BCUT2D eigenvalue weighted by molar-refractivity contribution is 9.10. The van der Waals surface area contributed by atoms with Crippen LogP contribution in [0.25, 0.3) is 28.6 Å². The van der Waals surface area contributed by atoms with Crippen LogP contribution >= 0.6 is 15.9 Å². The number of hydrogen-bond donors (Lipinski definition) is 0. The van der Waals surface area contributed by atoms with E-state index in [1.54, 1.807) is 60.5 Å². The minimum absolute atomic E-state index is 0.0955. The summed E-state index contributed by atoms with van der Waals surface area (Å²) in [5.74, 6) is -1.30. The van der Waals surface area contributed by atoms with Crippen molar-refractivity contribution in [3.63, 3.8) is 0 Å². The first-order valence-corrected chi connectivity index (χ1v) is 16.3. The largest absolute Gasteiger partial charge is 0.496 e. The summed E-state index contributed by atoms with van der Waals surface area (Å²) < 4.78 is 32.5. The van der Waals surface area contributed by atoms with Gasteiger partial charge in [-0.05, 0) is 64.3 Å². The molecule has 0 saturated carbocycles. The number of carbonyl (C=O) groups excluding carboxylic acids is 2. The van der Waals surface area contributed by atoms with E-state index in [1.807, 2.05) is 48.5 Å². The average molecular weight is 670 g/mol. The maximum Gasteiger partial charge on any atom is 0.272 e. The smallest absolute Gasteiger partial charge is 0.272 e. The van der Waals surface area contributed by atoms with Gasteiger partial charge in [0.15, 0.2) is 9.84 Å². The zero-order valence-corrected chi connectivity index (χ0v) is 25.9. The van der Waals surface area contributed by atoms with Gasteiger partial charge >= 0.3 is 0 Å². The van der Waals surface area contributed by atoms with Crippen LogP contribution < -0.4 is 4.74 Å². The molecule has 0 bridgehead atoms. The van der Waals surface area contributed by atoms with Crippen LogP contribution in [0.1, 0.15) is 17.5 Å². The second-order valence-corrected chi connectivity index (χ2v) is 13.5. The molecule has 44 heavy (non-hydrogen) atoms. The Labute approximate surface area is 262 Å². The lowest BCUT2D eigenvalue weighted by Gasteiger charge is -2.32. The molecular weight excluding hydrogens is 644 g/mol. The van der Waals surface area contributed by atoms with Crippen molar-refractivity contribution < 1.29 is 22.7 Å². The van der Waals surface area contributed by atoms with Crippen molar-refractivity contribution >= 4 is 49.2 Å². The number of nitriles is 1. The zero-order valence-electron chi connectivity index (χ0n) is 23.5. The average Bonchev–Trinajstić information content (AvgIpc) is 3.61. The van der Waals surface area contributed by atoms with Crippen LogP contribution in [0.2, 0.25) is 0 Å². The van der Waals surface area contributed by atoms with Crippen molar-refractivity contribution in [1.29, 1.82) is 5.26 Å². The molecular formula is C33H25BrN4O5S. The van der Waals surface area contributed by atoms with Gasteiger partial charge in [-0.15, -0.1) is 0 Å². The molecule has 1 aromatic heterocycles. The fraction of sp³-hybridized carbons (Fsp3) is 0.152. The molecule has 1 unspecified atom stereocenters. The number of amides is 2. The number of rotatable bonds is 6. The van der Waals surface area contributed by atoms with Crippen LogP contribution in [0.3, 0.4) is 0 Å². The van der Waals surface area contributed by atoms with Gasteiger partial charge in [0, 0.05) is 22.9 Å². The molecule has 1 fully saturated rings. The molecule has 6 rings (SSSR count). The molecule has 0 N–H and O–H groups in total.